The van der Waals surface area contributed by atoms with Crippen LogP contribution in [0.2, 0.25) is 0 Å². The minimum atomic E-state index is -0.0823. The quantitative estimate of drug-likeness (QED) is 0.585. The average molecular weight is 356 g/mol. The van der Waals surface area contributed by atoms with Crippen molar-refractivity contribution in [3.8, 4) is 0 Å². The number of nitrogen functional groups attached to an aromatic ring is 1. The van der Waals surface area contributed by atoms with Crippen molar-refractivity contribution in [2.45, 2.75) is 78.2 Å². The van der Waals surface area contributed by atoms with Crippen molar-refractivity contribution in [1.29, 1.82) is 0 Å². The van der Waals surface area contributed by atoms with E-state index in [0.29, 0.717) is 5.92 Å². The Kier molecular flexibility index (Phi) is 6.57. The van der Waals surface area contributed by atoms with Gasteiger partial charge in [0.05, 0.1) is 5.52 Å². The molecule has 142 valence electrons. The van der Waals surface area contributed by atoms with E-state index in [0.717, 1.165) is 54.5 Å². The molecule has 0 amide bonds. The van der Waals surface area contributed by atoms with Gasteiger partial charge < -0.3 is 11.1 Å². The summed E-state index contributed by atoms with van der Waals surface area (Å²) in [6.45, 7) is 14.9. The maximum Gasteiger partial charge on any atom is 0.222 e. The van der Waals surface area contributed by atoms with Crippen LogP contribution in [-0.4, -0.2) is 20.5 Å². The van der Waals surface area contributed by atoms with E-state index in [2.05, 4.69) is 67.5 Å². The van der Waals surface area contributed by atoms with Gasteiger partial charge in [0, 0.05) is 11.7 Å². The third-order valence-electron chi connectivity index (χ3n) is 4.85. The molecule has 0 fully saturated rings. The van der Waals surface area contributed by atoms with Crippen LogP contribution in [0.3, 0.4) is 0 Å². The number of fused-ring (bicyclic) bond motifs is 1. The third kappa shape index (κ3) is 5.16. The van der Waals surface area contributed by atoms with Gasteiger partial charge in [-0.25, -0.2) is 4.98 Å². The van der Waals surface area contributed by atoms with Crippen LogP contribution in [0.15, 0.2) is 24.4 Å². The Morgan fingerprint density at radius 1 is 1.31 bits per heavy atom. The minimum absolute atomic E-state index is 0.0823. The summed E-state index contributed by atoms with van der Waals surface area (Å²) in [6.07, 6.45) is 7.27. The highest BCUT2D eigenvalue weighted by Crippen LogP contribution is 2.30. The molecule has 0 saturated carbocycles. The first kappa shape index (κ1) is 20.1. The van der Waals surface area contributed by atoms with Gasteiger partial charge in [0.1, 0.15) is 5.52 Å². The Morgan fingerprint density at radius 3 is 2.65 bits per heavy atom. The molecule has 3 N–H and O–H groups in total. The predicted molar refractivity (Wildman–Crippen MR) is 111 cm³/mol. The second kappa shape index (κ2) is 8.47. The summed E-state index contributed by atoms with van der Waals surface area (Å²) >= 11 is 0. The molecule has 2 aromatic rings. The standard InChI is InChI=1S/C21H33N5/c1-7-8-10-21(6,11-9-14(2)3)26-19-18-17(24-20(22)25-19)12-16(13-23-18)15(4)5/h12-13,15H,2,7-11H2,1,3-6H3,(H3,22,24,25,26)/t21-/m1/s1. The molecule has 0 aliphatic heterocycles. The summed E-state index contributed by atoms with van der Waals surface area (Å²) in [5, 5.41) is 3.64. The molecule has 0 radical (unpaired) electrons. The summed E-state index contributed by atoms with van der Waals surface area (Å²) < 4.78 is 0. The van der Waals surface area contributed by atoms with Gasteiger partial charge in [0.15, 0.2) is 5.82 Å². The number of nitrogens with two attached hydrogens (primary N) is 1. The maximum absolute atomic E-state index is 5.99. The zero-order valence-corrected chi connectivity index (χ0v) is 16.9. The van der Waals surface area contributed by atoms with Crippen molar-refractivity contribution < 1.29 is 0 Å². The number of unbranched alkanes of at least 4 members (excludes halogenated alkanes) is 1. The highest BCUT2D eigenvalue weighted by atomic mass is 15.1. The third-order valence-corrected chi connectivity index (χ3v) is 4.85. The number of pyridine rings is 1. The molecule has 0 saturated heterocycles. The Labute approximate surface area is 157 Å². The van der Waals surface area contributed by atoms with Gasteiger partial charge in [-0.3, -0.25) is 4.98 Å². The van der Waals surface area contributed by atoms with E-state index in [1.807, 2.05) is 6.20 Å². The van der Waals surface area contributed by atoms with Crippen LogP contribution in [-0.2, 0) is 0 Å². The number of allylic oxidation sites excluding steroid dienone is 1. The summed E-state index contributed by atoms with van der Waals surface area (Å²) in [4.78, 5) is 13.5. The van der Waals surface area contributed by atoms with Crippen molar-refractivity contribution in [1.82, 2.24) is 15.0 Å². The fourth-order valence-electron chi connectivity index (χ4n) is 3.05. The molecule has 2 heterocycles. The van der Waals surface area contributed by atoms with Crippen molar-refractivity contribution in [3.05, 3.63) is 30.0 Å². The van der Waals surface area contributed by atoms with Gasteiger partial charge >= 0.3 is 0 Å². The Hall–Kier alpha value is -2.17. The lowest BCUT2D eigenvalue weighted by atomic mass is 9.88. The van der Waals surface area contributed by atoms with E-state index in [4.69, 9.17) is 5.73 Å². The van der Waals surface area contributed by atoms with Crippen LogP contribution in [0.5, 0.6) is 0 Å². The first-order chi connectivity index (χ1) is 12.2. The SMILES string of the molecule is C=C(C)CC[C@@](C)(CCCC)Nc1nc(N)nc2cc(C(C)C)cnc12. The van der Waals surface area contributed by atoms with Gasteiger partial charge in [-0.1, -0.05) is 39.2 Å². The van der Waals surface area contributed by atoms with Gasteiger partial charge in [-0.05, 0) is 50.7 Å². The molecule has 0 spiro atoms. The second-order valence-corrected chi connectivity index (χ2v) is 7.97. The van der Waals surface area contributed by atoms with Crippen molar-refractivity contribution >= 4 is 22.8 Å². The molecule has 0 aromatic carbocycles. The number of hydrogen-bond acceptors (Lipinski definition) is 5. The number of anilines is 2. The van der Waals surface area contributed by atoms with Crippen LogP contribution >= 0.6 is 0 Å². The lowest BCUT2D eigenvalue weighted by Crippen LogP contribution is -2.35. The monoisotopic (exact) mass is 355 g/mol. The maximum atomic E-state index is 5.99. The number of nitrogens with one attached hydrogen (secondary N) is 1. The molecule has 26 heavy (non-hydrogen) atoms. The number of hydrogen-bond donors (Lipinski definition) is 2. The van der Waals surface area contributed by atoms with Gasteiger partial charge in [0.25, 0.3) is 0 Å². The molecular formula is C21H33N5. The summed E-state index contributed by atoms with van der Waals surface area (Å²) in [5.74, 6) is 1.40. The normalized spacial score (nSPS) is 13.8. The first-order valence-electron chi connectivity index (χ1n) is 9.60. The van der Waals surface area contributed by atoms with E-state index in [1.54, 1.807) is 0 Å². The number of nitrogens with zero attached hydrogens (tertiary/aromatic N) is 3. The molecule has 1 atom stereocenters. The van der Waals surface area contributed by atoms with Gasteiger partial charge in [-0.15, -0.1) is 6.58 Å². The summed E-state index contributed by atoms with van der Waals surface area (Å²) in [6, 6.07) is 2.06. The largest absolute Gasteiger partial charge is 0.368 e. The smallest absolute Gasteiger partial charge is 0.222 e. The van der Waals surface area contributed by atoms with Gasteiger partial charge in [-0.2, -0.15) is 4.98 Å². The zero-order valence-electron chi connectivity index (χ0n) is 16.9. The number of rotatable bonds is 9. The molecule has 5 nitrogen and oxygen atoms in total. The van der Waals surface area contributed by atoms with Gasteiger partial charge in [0.2, 0.25) is 5.95 Å². The molecule has 2 rings (SSSR count). The predicted octanol–water partition coefficient (Wildman–Crippen LogP) is 5.45. The Balaban J connectivity index is 2.40. The lowest BCUT2D eigenvalue weighted by molar-refractivity contribution is 0.420. The van der Waals surface area contributed by atoms with E-state index in [-0.39, 0.29) is 11.5 Å². The summed E-state index contributed by atoms with van der Waals surface area (Å²) in [5.41, 5.74) is 9.83. The molecule has 2 aromatic heterocycles. The van der Waals surface area contributed by atoms with Crippen molar-refractivity contribution in [3.63, 3.8) is 0 Å². The molecule has 5 heteroatoms. The van der Waals surface area contributed by atoms with E-state index < -0.39 is 0 Å². The minimum Gasteiger partial charge on any atom is -0.368 e. The molecule has 0 aliphatic carbocycles. The van der Waals surface area contributed by atoms with E-state index in [9.17, 15) is 0 Å². The fourth-order valence-corrected chi connectivity index (χ4v) is 3.05. The zero-order chi connectivity index (χ0) is 19.3. The van der Waals surface area contributed by atoms with Crippen molar-refractivity contribution in [2.24, 2.45) is 0 Å². The van der Waals surface area contributed by atoms with E-state index >= 15 is 0 Å². The van der Waals surface area contributed by atoms with Crippen LogP contribution in [0, 0.1) is 0 Å². The molecule has 0 aliphatic rings. The topological polar surface area (TPSA) is 76.7 Å². The van der Waals surface area contributed by atoms with Crippen LogP contribution in [0.1, 0.15) is 78.2 Å². The first-order valence-corrected chi connectivity index (χ1v) is 9.60. The summed E-state index contributed by atoms with van der Waals surface area (Å²) in [7, 11) is 0. The number of aromatic nitrogens is 3. The average Bonchev–Trinajstić information content (AvgIpc) is 2.57. The Morgan fingerprint density at radius 2 is 2.04 bits per heavy atom. The second-order valence-electron chi connectivity index (χ2n) is 7.97. The van der Waals surface area contributed by atoms with Crippen molar-refractivity contribution in [2.75, 3.05) is 11.1 Å². The highest BCUT2D eigenvalue weighted by molar-refractivity contribution is 5.86. The molecule has 0 unspecified atom stereocenters. The van der Waals surface area contributed by atoms with Crippen LogP contribution < -0.4 is 11.1 Å². The molecular weight excluding hydrogens is 322 g/mol. The fraction of sp³-hybridized carbons (Fsp3) is 0.571. The Bertz CT molecular complexity index is 768. The lowest BCUT2D eigenvalue weighted by Gasteiger charge is -2.32. The van der Waals surface area contributed by atoms with Crippen LogP contribution in [0.25, 0.3) is 11.0 Å². The van der Waals surface area contributed by atoms with Crippen LogP contribution in [0.4, 0.5) is 11.8 Å². The van der Waals surface area contributed by atoms with E-state index in [1.165, 1.54) is 5.57 Å². The molecule has 0 bridgehead atoms. The highest BCUT2D eigenvalue weighted by Gasteiger charge is 2.25.